The van der Waals surface area contributed by atoms with Crippen molar-refractivity contribution >= 4 is 72.4 Å². The quantitative estimate of drug-likeness (QED) is 0.170. The maximum atomic E-state index is 12.4. The smallest absolute Gasteiger partial charge is 0.273 e. The molecule has 13 heteroatoms. The minimum Gasteiger partial charge on any atom is -0.301 e. The zero-order chi connectivity index (χ0) is 22.7. The summed E-state index contributed by atoms with van der Waals surface area (Å²) in [5.74, 6) is -0.668. The van der Waals surface area contributed by atoms with Crippen LogP contribution in [0.25, 0.3) is 10.2 Å². The van der Waals surface area contributed by atoms with E-state index in [0.717, 1.165) is 21.6 Å². The number of thioether (sulfide) groups is 1. The van der Waals surface area contributed by atoms with Gasteiger partial charge >= 0.3 is 0 Å². The fourth-order valence-electron chi connectivity index (χ4n) is 2.64. The number of nitrogens with one attached hydrogen (secondary N) is 2. The lowest BCUT2D eigenvalue weighted by Crippen LogP contribution is -2.13. The Balaban J connectivity index is 1.32. The van der Waals surface area contributed by atoms with Crippen molar-refractivity contribution in [1.82, 2.24) is 15.2 Å². The van der Waals surface area contributed by atoms with E-state index in [-0.39, 0.29) is 28.0 Å². The number of fused-ring (bicyclic) bond motifs is 1. The van der Waals surface area contributed by atoms with Crippen molar-refractivity contribution in [3.05, 3.63) is 63.7 Å². The molecule has 2 aromatic carbocycles. The number of para-hydroxylation sites is 1. The van der Waals surface area contributed by atoms with Crippen LogP contribution in [-0.4, -0.2) is 37.7 Å². The summed E-state index contributed by atoms with van der Waals surface area (Å²) in [6.45, 7) is 1.60. The SMILES string of the molecule is Cc1ccc(C(=O)Nc2nnc(SCC(=O)Nc3nc4ccccc4s3)s2)cc1[N+](=O)[O-]. The van der Waals surface area contributed by atoms with Crippen molar-refractivity contribution < 1.29 is 14.5 Å². The van der Waals surface area contributed by atoms with E-state index in [9.17, 15) is 19.7 Å². The number of benzene rings is 2. The number of rotatable bonds is 7. The molecular formula is C19H14N6O4S3. The number of aryl methyl sites for hydroxylation is 1. The normalized spacial score (nSPS) is 10.8. The first-order valence-corrected chi connectivity index (χ1v) is 11.7. The predicted octanol–water partition coefficient (Wildman–Crippen LogP) is 4.35. The van der Waals surface area contributed by atoms with Gasteiger partial charge in [0.15, 0.2) is 9.47 Å². The highest BCUT2D eigenvalue weighted by molar-refractivity contribution is 8.01. The summed E-state index contributed by atoms with van der Waals surface area (Å²) < 4.78 is 1.48. The molecule has 0 atom stereocenters. The van der Waals surface area contributed by atoms with Gasteiger partial charge in [-0.05, 0) is 25.1 Å². The number of nitro groups is 1. The fraction of sp³-hybridized carbons (Fsp3) is 0.105. The number of hydrogen-bond acceptors (Lipinski definition) is 10. The van der Waals surface area contributed by atoms with Crippen LogP contribution in [-0.2, 0) is 4.79 Å². The van der Waals surface area contributed by atoms with Gasteiger partial charge in [0.05, 0.1) is 20.9 Å². The monoisotopic (exact) mass is 486 g/mol. The molecule has 0 fully saturated rings. The van der Waals surface area contributed by atoms with E-state index in [2.05, 4.69) is 25.8 Å². The van der Waals surface area contributed by atoms with Gasteiger partial charge in [-0.1, -0.05) is 52.6 Å². The number of amides is 2. The minimum absolute atomic E-state index is 0.0999. The molecule has 2 aromatic heterocycles. The second-order valence-corrected chi connectivity index (χ2v) is 9.64. The van der Waals surface area contributed by atoms with Gasteiger partial charge < -0.3 is 5.32 Å². The summed E-state index contributed by atoms with van der Waals surface area (Å²) in [5.41, 5.74) is 1.29. The van der Waals surface area contributed by atoms with Crippen LogP contribution in [0, 0.1) is 17.0 Å². The maximum absolute atomic E-state index is 12.4. The lowest BCUT2D eigenvalue weighted by Gasteiger charge is -2.02. The van der Waals surface area contributed by atoms with Crippen molar-refractivity contribution in [3.63, 3.8) is 0 Å². The molecule has 0 aliphatic heterocycles. The summed E-state index contributed by atoms with van der Waals surface area (Å²) >= 11 is 3.67. The molecule has 10 nitrogen and oxygen atoms in total. The second-order valence-electron chi connectivity index (χ2n) is 6.41. The molecule has 0 radical (unpaired) electrons. The summed E-state index contributed by atoms with van der Waals surface area (Å²) in [5, 5.41) is 25.0. The number of thiazole rings is 1. The first-order chi connectivity index (χ1) is 15.4. The average Bonchev–Trinajstić information content (AvgIpc) is 3.38. The average molecular weight is 487 g/mol. The van der Waals surface area contributed by atoms with Crippen molar-refractivity contribution in [2.24, 2.45) is 0 Å². The maximum Gasteiger partial charge on any atom is 0.273 e. The number of hydrogen-bond donors (Lipinski definition) is 2. The van der Waals surface area contributed by atoms with Crippen molar-refractivity contribution in [1.29, 1.82) is 0 Å². The molecule has 0 aliphatic rings. The third kappa shape index (κ3) is 5.07. The van der Waals surface area contributed by atoms with E-state index >= 15 is 0 Å². The third-order valence-corrected chi connectivity index (χ3v) is 7.09. The highest BCUT2D eigenvalue weighted by Crippen LogP contribution is 2.28. The Morgan fingerprint density at radius 1 is 1.09 bits per heavy atom. The molecule has 4 aromatic rings. The van der Waals surface area contributed by atoms with Gasteiger partial charge in [0, 0.05) is 17.2 Å². The molecule has 0 spiro atoms. The Hall–Kier alpha value is -3.42. The number of nitrogens with zero attached hydrogens (tertiary/aromatic N) is 4. The molecule has 0 saturated carbocycles. The molecule has 4 rings (SSSR count). The molecule has 2 amide bonds. The number of anilines is 2. The minimum atomic E-state index is -0.537. The van der Waals surface area contributed by atoms with Gasteiger partial charge in [-0.15, -0.1) is 10.2 Å². The molecular weight excluding hydrogens is 472 g/mol. The number of carbonyl (C=O) groups is 2. The highest BCUT2D eigenvalue weighted by atomic mass is 32.2. The Kier molecular flexibility index (Phi) is 6.39. The Morgan fingerprint density at radius 2 is 1.91 bits per heavy atom. The van der Waals surface area contributed by atoms with Crippen LogP contribution in [0.1, 0.15) is 15.9 Å². The summed E-state index contributed by atoms with van der Waals surface area (Å²) in [7, 11) is 0. The van der Waals surface area contributed by atoms with E-state index in [1.165, 1.54) is 41.3 Å². The number of aromatic nitrogens is 3. The van der Waals surface area contributed by atoms with Crippen LogP contribution in [0.2, 0.25) is 0 Å². The van der Waals surface area contributed by atoms with Crippen LogP contribution >= 0.6 is 34.4 Å². The van der Waals surface area contributed by atoms with Crippen LogP contribution in [0.3, 0.4) is 0 Å². The molecule has 0 unspecified atom stereocenters. The predicted molar refractivity (Wildman–Crippen MR) is 125 cm³/mol. The lowest BCUT2D eigenvalue weighted by atomic mass is 10.1. The Labute approximate surface area is 193 Å². The molecule has 162 valence electrons. The standard InChI is InChI=1S/C19H14N6O4S3/c1-10-6-7-11(8-13(10)25(28)29)16(27)22-18-23-24-19(32-18)30-9-15(26)21-17-20-12-4-2-3-5-14(12)31-17/h2-8H,9H2,1H3,(H,20,21,26)(H,22,23,27). The van der Waals surface area contributed by atoms with Crippen LogP contribution in [0.4, 0.5) is 16.0 Å². The summed E-state index contributed by atoms with van der Waals surface area (Å²) in [6.07, 6.45) is 0. The fourth-order valence-corrected chi connectivity index (χ4v) is 5.07. The van der Waals surface area contributed by atoms with E-state index in [4.69, 9.17) is 0 Å². The molecule has 0 saturated heterocycles. The van der Waals surface area contributed by atoms with Gasteiger partial charge in [-0.25, -0.2) is 4.98 Å². The first kappa shape index (κ1) is 21.8. The Bertz CT molecular complexity index is 1300. The summed E-state index contributed by atoms with van der Waals surface area (Å²) in [6, 6.07) is 11.8. The lowest BCUT2D eigenvalue weighted by molar-refractivity contribution is -0.385. The Morgan fingerprint density at radius 3 is 2.69 bits per heavy atom. The van der Waals surface area contributed by atoms with Crippen LogP contribution < -0.4 is 10.6 Å². The second kappa shape index (κ2) is 9.38. The molecule has 32 heavy (non-hydrogen) atoms. The molecule has 0 bridgehead atoms. The van der Waals surface area contributed by atoms with E-state index < -0.39 is 10.8 Å². The van der Waals surface area contributed by atoms with Gasteiger partial charge in [-0.2, -0.15) is 0 Å². The van der Waals surface area contributed by atoms with Gasteiger partial charge in [0.1, 0.15) is 0 Å². The zero-order valence-electron chi connectivity index (χ0n) is 16.4. The highest BCUT2D eigenvalue weighted by Gasteiger charge is 2.17. The van der Waals surface area contributed by atoms with Gasteiger partial charge in [0.2, 0.25) is 11.0 Å². The van der Waals surface area contributed by atoms with Crippen molar-refractivity contribution in [3.8, 4) is 0 Å². The van der Waals surface area contributed by atoms with Crippen molar-refractivity contribution in [2.45, 2.75) is 11.3 Å². The van der Waals surface area contributed by atoms with Gasteiger partial charge in [-0.3, -0.25) is 25.0 Å². The summed E-state index contributed by atoms with van der Waals surface area (Å²) in [4.78, 5) is 39.5. The van der Waals surface area contributed by atoms with Crippen LogP contribution in [0.5, 0.6) is 0 Å². The van der Waals surface area contributed by atoms with Gasteiger partial charge in [0.25, 0.3) is 11.6 Å². The van der Waals surface area contributed by atoms with E-state index in [1.54, 1.807) is 6.92 Å². The molecule has 0 aliphatic carbocycles. The number of carbonyl (C=O) groups excluding carboxylic acids is 2. The largest absolute Gasteiger partial charge is 0.301 e. The molecule has 2 N–H and O–H groups in total. The van der Waals surface area contributed by atoms with Crippen LogP contribution in [0.15, 0.2) is 46.8 Å². The number of nitro benzene ring substituents is 1. The zero-order valence-corrected chi connectivity index (χ0v) is 18.8. The van der Waals surface area contributed by atoms with E-state index in [1.807, 2.05) is 24.3 Å². The topological polar surface area (TPSA) is 140 Å². The molecule has 2 heterocycles. The third-order valence-electron chi connectivity index (χ3n) is 4.16. The van der Waals surface area contributed by atoms with Crippen molar-refractivity contribution in [2.75, 3.05) is 16.4 Å². The van der Waals surface area contributed by atoms with E-state index in [0.29, 0.717) is 15.0 Å². The first-order valence-electron chi connectivity index (χ1n) is 9.07.